The Kier molecular flexibility index (Phi) is 3.73. The van der Waals surface area contributed by atoms with E-state index in [9.17, 15) is 9.90 Å². The van der Waals surface area contributed by atoms with Gasteiger partial charge in [0.2, 0.25) is 5.91 Å². The summed E-state index contributed by atoms with van der Waals surface area (Å²) in [4.78, 5) is 11.8. The molecule has 1 unspecified atom stereocenters. The van der Waals surface area contributed by atoms with Crippen LogP contribution in [0.15, 0.2) is 0 Å². The smallest absolute Gasteiger partial charge is 0.237 e. The molecule has 1 aliphatic rings. The van der Waals surface area contributed by atoms with Crippen LogP contribution in [0.5, 0.6) is 0 Å². The molecular weight excluding hydrogens is 192 g/mol. The molecule has 0 spiro atoms. The molecule has 1 atom stereocenters. The summed E-state index contributed by atoms with van der Waals surface area (Å²) in [5.41, 5.74) is -0.202. The van der Waals surface area contributed by atoms with E-state index >= 15 is 0 Å². The Bertz CT molecular complexity index is 233. The number of nitrogens with zero attached hydrogens (tertiary/aromatic N) is 2. The first-order valence-corrected chi connectivity index (χ1v) is 5.58. The van der Waals surface area contributed by atoms with Gasteiger partial charge < -0.3 is 5.11 Å². The number of amides is 1. The number of hydrogen-bond acceptors (Lipinski definition) is 3. The van der Waals surface area contributed by atoms with E-state index in [1.54, 1.807) is 11.9 Å². The third-order valence-electron chi connectivity index (χ3n) is 2.44. The topological polar surface area (TPSA) is 43.8 Å². The average Bonchev–Trinajstić information content (AvgIpc) is 1.99. The highest BCUT2D eigenvalue weighted by molar-refractivity contribution is 5.77. The van der Waals surface area contributed by atoms with E-state index in [2.05, 4.69) is 0 Å². The lowest BCUT2D eigenvalue weighted by Crippen LogP contribution is -2.60. The van der Waals surface area contributed by atoms with E-state index in [0.717, 1.165) is 13.0 Å². The fraction of sp³-hybridized carbons (Fsp3) is 0.909. The molecule has 0 aromatic carbocycles. The highest BCUT2D eigenvalue weighted by atomic mass is 16.3. The number of aliphatic hydroxyl groups is 1. The van der Waals surface area contributed by atoms with Gasteiger partial charge in [-0.1, -0.05) is 0 Å². The van der Waals surface area contributed by atoms with E-state index < -0.39 is 6.10 Å². The highest BCUT2D eigenvalue weighted by Gasteiger charge is 2.34. The van der Waals surface area contributed by atoms with Crippen molar-refractivity contribution in [1.82, 2.24) is 10.0 Å². The summed E-state index contributed by atoms with van der Waals surface area (Å²) in [5.74, 6) is 0.161. The molecule has 0 saturated carbocycles. The van der Waals surface area contributed by atoms with Crippen molar-refractivity contribution < 1.29 is 9.90 Å². The summed E-state index contributed by atoms with van der Waals surface area (Å²) < 4.78 is 0. The molecule has 0 aromatic rings. The number of carbonyl (C=O) groups excluding carboxylic acids is 1. The van der Waals surface area contributed by atoms with Crippen LogP contribution in [0.4, 0.5) is 0 Å². The Morgan fingerprint density at radius 1 is 1.47 bits per heavy atom. The van der Waals surface area contributed by atoms with Gasteiger partial charge in [0, 0.05) is 19.5 Å². The predicted molar refractivity (Wildman–Crippen MR) is 59.1 cm³/mol. The standard InChI is InChI=1S/C11H22N2O2/c1-9(14)8-12-7-5-6-10(15)13(12)11(2,3)4/h9,14H,5-8H2,1-4H3. The maximum Gasteiger partial charge on any atom is 0.237 e. The van der Waals surface area contributed by atoms with Gasteiger partial charge in [0.05, 0.1) is 11.6 Å². The zero-order valence-corrected chi connectivity index (χ0v) is 10.2. The van der Waals surface area contributed by atoms with Crippen LogP contribution < -0.4 is 0 Å². The molecule has 1 fully saturated rings. The SMILES string of the molecule is CC(O)CN1CCCC(=O)N1C(C)(C)C. The van der Waals surface area contributed by atoms with Crippen molar-refractivity contribution in [2.24, 2.45) is 0 Å². The first-order chi connectivity index (χ1) is 6.82. The van der Waals surface area contributed by atoms with Gasteiger partial charge in [-0.25, -0.2) is 5.01 Å². The molecule has 0 aromatic heterocycles. The van der Waals surface area contributed by atoms with Crippen LogP contribution in [-0.4, -0.2) is 45.8 Å². The van der Waals surface area contributed by atoms with E-state index in [1.807, 2.05) is 25.8 Å². The maximum absolute atomic E-state index is 11.8. The predicted octanol–water partition coefficient (Wildman–Crippen LogP) is 1.01. The van der Waals surface area contributed by atoms with Gasteiger partial charge in [0.25, 0.3) is 0 Å². The summed E-state index contributed by atoms with van der Waals surface area (Å²) in [7, 11) is 0. The second kappa shape index (κ2) is 4.49. The zero-order chi connectivity index (χ0) is 11.6. The fourth-order valence-corrected chi connectivity index (χ4v) is 2.05. The molecule has 4 nitrogen and oxygen atoms in total. The summed E-state index contributed by atoms with van der Waals surface area (Å²) >= 11 is 0. The first-order valence-electron chi connectivity index (χ1n) is 5.58. The minimum absolute atomic E-state index is 0.161. The van der Waals surface area contributed by atoms with E-state index in [0.29, 0.717) is 13.0 Å². The molecule has 0 radical (unpaired) electrons. The van der Waals surface area contributed by atoms with Crippen LogP contribution in [0.2, 0.25) is 0 Å². The van der Waals surface area contributed by atoms with Crippen LogP contribution in [0, 0.1) is 0 Å². The van der Waals surface area contributed by atoms with E-state index in [-0.39, 0.29) is 11.4 Å². The number of aliphatic hydroxyl groups excluding tert-OH is 1. The van der Waals surface area contributed by atoms with Crippen molar-refractivity contribution in [3.05, 3.63) is 0 Å². The van der Waals surface area contributed by atoms with Gasteiger partial charge in [0.1, 0.15) is 0 Å². The van der Waals surface area contributed by atoms with Gasteiger partial charge in [0.15, 0.2) is 0 Å². The Hall–Kier alpha value is -0.610. The van der Waals surface area contributed by atoms with Gasteiger partial charge in [-0.2, -0.15) is 0 Å². The molecule has 15 heavy (non-hydrogen) atoms. The molecule has 1 aliphatic heterocycles. The van der Waals surface area contributed by atoms with Crippen LogP contribution >= 0.6 is 0 Å². The van der Waals surface area contributed by atoms with Crippen molar-refractivity contribution >= 4 is 5.91 Å². The first kappa shape index (κ1) is 12.5. The van der Waals surface area contributed by atoms with Gasteiger partial charge in [-0.05, 0) is 34.1 Å². The molecule has 1 rings (SSSR count). The summed E-state index contributed by atoms with van der Waals surface area (Å²) in [6.07, 6.45) is 1.10. The number of hydrazine groups is 1. The molecule has 1 N–H and O–H groups in total. The lowest BCUT2D eigenvalue weighted by atomic mass is 10.1. The van der Waals surface area contributed by atoms with Crippen molar-refractivity contribution in [3.8, 4) is 0 Å². The van der Waals surface area contributed by atoms with Crippen molar-refractivity contribution in [3.63, 3.8) is 0 Å². The highest BCUT2D eigenvalue weighted by Crippen LogP contribution is 2.22. The average molecular weight is 214 g/mol. The minimum Gasteiger partial charge on any atom is -0.392 e. The quantitative estimate of drug-likeness (QED) is 0.746. The lowest BCUT2D eigenvalue weighted by molar-refractivity contribution is -0.173. The molecule has 1 amide bonds. The normalized spacial score (nSPS) is 21.9. The molecule has 1 saturated heterocycles. The number of β-amino-alcohol motifs (C(OH)–C–C–N with tert-alkyl or cyclic N) is 1. The van der Waals surface area contributed by atoms with Gasteiger partial charge in [-0.15, -0.1) is 0 Å². The van der Waals surface area contributed by atoms with Gasteiger partial charge in [-0.3, -0.25) is 9.80 Å². The molecule has 0 bridgehead atoms. The van der Waals surface area contributed by atoms with Crippen molar-refractivity contribution in [2.75, 3.05) is 13.1 Å². The van der Waals surface area contributed by atoms with Crippen molar-refractivity contribution in [1.29, 1.82) is 0 Å². The fourth-order valence-electron chi connectivity index (χ4n) is 2.05. The van der Waals surface area contributed by atoms with E-state index in [1.165, 1.54) is 0 Å². The number of carbonyl (C=O) groups is 1. The Morgan fingerprint density at radius 3 is 2.53 bits per heavy atom. The Labute approximate surface area is 91.8 Å². The van der Waals surface area contributed by atoms with Crippen LogP contribution in [-0.2, 0) is 4.79 Å². The maximum atomic E-state index is 11.8. The largest absolute Gasteiger partial charge is 0.392 e. The monoisotopic (exact) mass is 214 g/mol. The third kappa shape index (κ3) is 3.18. The molecule has 4 heteroatoms. The summed E-state index contributed by atoms with van der Waals surface area (Å²) in [5, 5.41) is 13.2. The molecule has 88 valence electrons. The molecule has 1 heterocycles. The summed E-state index contributed by atoms with van der Waals surface area (Å²) in [6.45, 7) is 9.19. The third-order valence-corrected chi connectivity index (χ3v) is 2.44. The molecule has 0 aliphatic carbocycles. The van der Waals surface area contributed by atoms with Crippen molar-refractivity contribution in [2.45, 2.75) is 52.2 Å². The Morgan fingerprint density at radius 2 is 2.07 bits per heavy atom. The summed E-state index contributed by atoms with van der Waals surface area (Å²) in [6, 6.07) is 0. The van der Waals surface area contributed by atoms with E-state index in [4.69, 9.17) is 0 Å². The Balaban J connectivity index is 2.78. The van der Waals surface area contributed by atoms with Crippen LogP contribution in [0.25, 0.3) is 0 Å². The second-order valence-electron chi connectivity index (χ2n) is 5.24. The van der Waals surface area contributed by atoms with Crippen LogP contribution in [0.1, 0.15) is 40.5 Å². The minimum atomic E-state index is -0.402. The molecular formula is C11H22N2O2. The zero-order valence-electron chi connectivity index (χ0n) is 10.2. The van der Waals surface area contributed by atoms with Crippen LogP contribution in [0.3, 0.4) is 0 Å². The number of hydrogen-bond donors (Lipinski definition) is 1. The van der Waals surface area contributed by atoms with Gasteiger partial charge >= 0.3 is 0 Å². The second-order valence-corrected chi connectivity index (χ2v) is 5.24. The lowest BCUT2D eigenvalue weighted by Gasteiger charge is -2.46. The number of rotatable bonds is 2.